The number of rotatable bonds is 5. The summed E-state index contributed by atoms with van der Waals surface area (Å²) in [4.78, 5) is 2.67. The van der Waals surface area contributed by atoms with Crippen molar-refractivity contribution in [1.29, 1.82) is 0 Å². The molecule has 2 heterocycles. The second kappa shape index (κ2) is 6.42. The van der Waals surface area contributed by atoms with Crippen LogP contribution in [-0.2, 0) is 4.74 Å². The van der Waals surface area contributed by atoms with Gasteiger partial charge in [0.25, 0.3) is 0 Å². The molecule has 5 nitrogen and oxygen atoms in total. The van der Waals surface area contributed by atoms with Crippen molar-refractivity contribution in [1.82, 2.24) is 15.1 Å². The smallest absolute Gasteiger partial charge is 0.205 e. The van der Waals surface area contributed by atoms with Crippen molar-refractivity contribution in [2.45, 2.75) is 56.4 Å². The highest BCUT2D eigenvalue weighted by molar-refractivity contribution is 7.15. The predicted molar refractivity (Wildman–Crippen MR) is 88.6 cm³/mol. The topological polar surface area (TPSA) is 50.3 Å². The average Bonchev–Trinajstić information content (AvgIpc) is 3.33. The first-order valence-electron chi connectivity index (χ1n) is 8.76. The molecule has 1 N–H and O–H groups in total. The zero-order chi connectivity index (χ0) is 14.8. The largest absolute Gasteiger partial charge is 0.379 e. The zero-order valence-electron chi connectivity index (χ0n) is 13.2. The lowest BCUT2D eigenvalue weighted by Gasteiger charge is -2.48. The Bertz CT molecular complexity index is 490. The SMILES string of the molecule is C1CCC(CNc2nnc(C3CC3)s2)(N2CCOCC2)CC1. The third-order valence-corrected chi connectivity index (χ3v) is 6.45. The third-order valence-electron chi connectivity index (χ3n) is 5.40. The van der Waals surface area contributed by atoms with E-state index in [4.69, 9.17) is 4.74 Å². The Balaban J connectivity index is 1.43. The van der Waals surface area contributed by atoms with E-state index in [9.17, 15) is 0 Å². The van der Waals surface area contributed by atoms with Crippen LogP contribution in [0.1, 0.15) is 55.9 Å². The lowest BCUT2D eigenvalue weighted by molar-refractivity contribution is -0.0318. The predicted octanol–water partition coefficient (Wildman–Crippen LogP) is 2.86. The molecule has 1 aromatic rings. The van der Waals surface area contributed by atoms with E-state index < -0.39 is 0 Å². The van der Waals surface area contributed by atoms with E-state index >= 15 is 0 Å². The van der Waals surface area contributed by atoms with E-state index in [1.54, 1.807) is 11.3 Å². The van der Waals surface area contributed by atoms with Gasteiger partial charge in [-0.25, -0.2) is 0 Å². The molecule has 1 aliphatic heterocycles. The van der Waals surface area contributed by atoms with Gasteiger partial charge in [-0.1, -0.05) is 30.6 Å². The van der Waals surface area contributed by atoms with Crippen molar-refractivity contribution < 1.29 is 4.74 Å². The number of morpholine rings is 1. The molecule has 0 atom stereocenters. The second-order valence-corrected chi connectivity index (χ2v) is 7.97. The molecule has 0 radical (unpaired) electrons. The van der Waals surface area contributed by atoms with Crippen molar-refractivity contribution in [2.75, 3.05) is 38.2 Å². The van der Waals surface area contributed by atoms with Gasteiger partial charge in [0.15, 0.2) is 0 Å². The van der Waals surface area contributed by atoms with Crippen LogP contribution in [0.15, 0.2) is 0 Å². The van der Waals surface area contributed by atoms with Crippen LogP contribution in [0.4, 0.5) is 5.13 Å². The van der Waals surface area contributed by atoms with Crippen molar-refractivity contribution in [3.63, 3.8) is 0 Å². The maximum atomic E-state index is 5.55. The van der Waals surface area contributed by atoms with Crippen LogP contribution in [-0.4, -0.2) is 53.5 Å². The van der Waals surface area contributed by atoms with E-state index in [0.29, 0.717) is 11.5 Å². The molecule has 2 aliphatic carbocycles. The fourth-order valence-electron chi connectivity index (χ4n) is 3.89. The lowest BCUT2D eigenvalue weighted by atomic mass is 9.80. The van der Waals surface area contributed by atoms with Crippen LogP contribution in [0.3, 0.4) is 0 Å². The molecule has 3 fully saturated rings. The van der Waals surface area contributed by atoms with Gasteiger partial charge in [-0.05, 0) is 25.7 Å². The summed E-state index contributed by atoms with van der Waals surface area (Å²) in [5.41, 5.74) is 0.299. The summed E-state index contributed by atoms with van der Waals surface area (Å²) in [6.45, 7) is 4.92. The Morgan fingerprint density at radius 2 is 1.91 bits per heavy atom. The summed E-state index contributed by atoms with van der Waals surface area (Å²) in [6, 6.07) is 0. The van der Waals surface area contributed by atoms with Gasteiger partial charge in [0.05, 0.1) is 13.2 Å². The second-order valence-electron chi connectivity index (χ2n) is 6.96. The third kappa shape index (κ3) is 3.14. The monoisotopic (exact) mass is 322 g/mol. The van der Waals surface area contributed by atoms with Crippen LogP contribution >= 0.6 is 11.3 Å². The number of nitrogens with zero attached hydrogens (tertiary/aromatic N) is 3. The summed E-state index contributed by atoms with van der Waals surface area (Å²) in [5.74, 6) is 0.705. The Morgan fingerprint density at radius 3 is 2.64 bits per heavy atom. The molecule has 0 unspecified atom stereocenters. The molecule has 2 saturated carbocycles. The van der Waals surface area contributed by atoms with Gasteiger partial charge in [-0.3, -0.25) is 4.90 Å². The maximum Gasteiger partial charge on any atom is 0.205 e. The fraction of sp³-hybridized carbons (Fsp3) is 0.875. The van der Waals surface area contributed by atoms with E-state index in [1.807, 2.05) is 0 Å². The van der Waals surface area contributed by atoms with Crippen LogP contribution in [0.5, 0.6) is 0 Å². The normalized spacial score (nSPS) is 26.0. The van der Waals surface area contributed by atoms with Crippen LogP contribution in [0.25, 0.3) is 0 Å². The van der Waals surface area contributed by atoms with Gasteiger partial charge >= 0.3 is 0 Å². The summed E-state index contributed by atoms with van der Waals surface area (Å²) in [7, 11) is 0. The zero-order valence-corrected chi connectivity index (χ0v) is 14.0. The average molecular weight is 322 g/mol. The minimum absolute atomic E-state index is 0.299. The Hall–Kier alpha value is -0.720. The molecule has 6 heteroatoms. The van der Waals surface area contributed by atoms with Crippen molar-refractivity contribution >= 4 is 16.5 Å². The highest BCUT2D eigenvalue weighted by Crippen LogP contribution is 2.42. The van der Waals surface area contributed by atoms with Crippen molar-refractivity contribution in [3.8, 4) is 0 Å². The lowest BCUT2D eigenvalue weighted by Crippen LogP contribution is -2.57. The molecule has 0 aromatic carbocycles. The minimum Gasteiger partial charge on any atom is -0.379 e. The highest BCUT2D eigenvalue weighted by atomic mass is 32.1. The van der Waals surface area contributed by atoms with Gasteiger partial charge in [-0.2, -0.15) is 0 Å². The van der Waals surface area contributed by atoms with Crippen LogP contribution in [0.2, 0.25) is 0 Å². The summed E-state index contributed by atoms with van der Waals surface area (Å²) < 4.78 is 5.55. The van der Waals surface area contributed by atoms with Crippen LogP contribution in [0, 0.1) is 0 Å². The quantitative estimate of drug-likeness (QED) is 0.903. The van der Waals surface area contributed by atoms with Gasteiger partial charge in [0.1, 0.15) is 5.01 Å². The Labute approximate surface area is 136 Å². The number of hydrogen-bond acceptors (Lipinski definition) is 6. The first-order chi connectivity index (χ1) is 10.9. The summed E-state index contributed by atoms with van der Waals surface area (Å²) in [5, 5.41) is 14.6. The summed E-state index contributed by atoms with van der Waals surface area (Å²) >= 11 is 1.76. The molecular formula is C16H26N4OS. The molecule has 122 valence electrons. The number of aromatic nitrogens is 2. The highest BCUT2D eigenvalue weighted by Gasteiger charge is 2.38. The number of nitrogens with one attached hydrogen (secondary N) is 1. The van der Waals surface area contributed by atoms with Crippen LogP contribution < -0.4 is 5.32 Å². The Morgan fingerprint density at radius 1 is 1.14 bits per heavy atom. The van der Waals surface area contributed by atoms with Gasteiger partial charge in [-0.15, -0.1) is 10.2 Å². The van der Waals surface area contributed by atoms with E-state index in [0.717, 1.165) is 38.0 Å². The molecule has 0 spiro atoms. The number of ether oxygens (including phenoxy) is 1. The van der Waals surface area contributed by atoms with E-state index in [2.05, 4.69) is 20.4 Å². The number of hydrogen-bond donors (Lipinski definition) is 1. The molecular weight excluding hydrogens is 296 g/mol. The summed E-state index contributed by atoms with van der Waals surface area (Å²) in [6.07, 6.45) is 9.28. The minimum atomic E-state index is 0.299. The molecule has 3 aliphatic rings. The van der Waals surface area contributed by atoms with Crippen molar-refractivity contribution in [3.05, 3.63) is 5.01 Å². The molecule has 1 aromatic heterocycles. The van der Waals surface area contributed by atoms with E-state index in [1.165, 1.54) is 50.0 Å². The standard InChI is InChI=1S/C16H26N4OS/c1-2-6-16(7-3-1,20-8-10-21-11-9-20)12-17-15-19-18-14(22-15)13-4-5-13/h13H,1-12H2,(H,17,19). The first-order valence-corrected chi connectivity index (χ1v) is 9.57. The Kier molecular flexibility index (Phi) is 4.33. The van der Waals surface area contributed by atoms with Gasteiger partial charge in [0.2, 0.25) is 5.13 Å². The molecule has 0 amide bonds. The fourth-order valence-corrected chi connectivity index (χ4v) is 4.80. The molecule has 0 bridgehead atoms. The van der Waals surface area contributed by atoms with E-state index in [-0.39, 0.29) is 0 Å². The maximum absolute atomic E-state index is 5.55. The molecule has 4 rings (SSSR count). The first kappa shape index (κ1) is 14.8. The number of anilines is 1. The van der Waals surface area contributed by atoms with Crippen molar-refractivity contribution in [2.24, 2.45) is 0 Å². The van der Waals surface area contributed by atoms with Gasteiger partial charge in [0, 0.05) is 31.1 Å². The van der Waals surface area contributed by atoms with Gasteiger partial charge < -0.3 is 10.1 Å². The molecule has 1 saturated heterocycles. The molecule has 22 heavy (non-hydrogen) atoms.